The summed E-state index contributed by atoms with van der Waals surface area (Å²) in [5.74, 6) is 1.61. The largest absolute Gasteiger partial charge is 0.454 e. The topological polar surface area (TPSA) is 86.5 Å². The third-order valence-corrected chi connectivity index (χ3v) is 5.27. The van der Waals surface area contributed by atoms with Crippen molar-refractivity contribution in [3.63, 3.8) is 0 Å². The van der Waals surface area contributed by atoms with E-state index in [2.05, 4.69) is 15.5 Å². The Morgan fingerprint density at radius 3 is 2.68 bits per heavy atom. The number of amides is 1. The molecule has 0 aliphatic carbocycles. The average Bonchev–Trinajstić information content (AvgIpc) is 3.37. The van der Waals surface area contributed by atoms with Crippen molar-refractivity contribution in [2.24, 2.45) is 0 Å². The molecule has 2 aromatic carbocycles. The lowest BCUT2D eigenvalue weighted by atomic mass is 10.1. The highest BCUT2D eigenvalue weighted by atomic mass is 32.2. The van der Waals surface area contributed by atoms with Crippen LogP contribution < -0.4 is 14.8 Å². The van der Waals surface area contributed by atoms with E-state index in [0.29, 0.717) is 22.6 Å². The summed E-state index contributed by atoms with van der Waals surface area (Å²) in [6.45, 7) is 3.97. The maximum Gasteiger partial charge on any atom is 0.277 e. The predicted octanol–water partition coefficient (Wildman–Crippen LogP) is 3.82. The van der Waals surface area contributed by atoms with Gasteiger partial charge in [-0.2, -0.15) is 0 Å². The minimum atomic E-state index is -0.379. The zero-order valence-corrected chi connectivity index (χ0v) is 16.2. The quantitative estimate of drug-likeness (QED) is 0.633. The van der Waals surface area contributed by atoms with Gasteiger partial charge in [0, 0.05) is 5.56 Å². The summed E-state index contributed by atoms with van der Waals surface area (Å²) in [4.78, 5) is 12.5. The number of fused-ring (bicyclic) bond motifs is 1. The van der Waals surface area contributed by atoms with Gasteiger partial charge in [-0.15, -0.1) is 10.2 Å². The molecule has 0 bridgehead atoms. The molecule has 3 aromatic rings. The summed E-state index contributed by atoms with van der Waals surface area (Å²) >= 11 is 1.22. The van der Waals surface area contributed by atoms with E-state index in [-0.39, 0.29) is 24.0 Å². The first-order chi connectivity index (χ1) is 13.6. The van der Waals surface area contributed by atoms with Crippen LogP contribution in [-0.2, 0) is 4.79 Å². The molecule has 1 N–H and O–H groups in total. The second-order valence-corrected chi connectivity index (χ2v) is 7.63. The molecule has 1 aliphatic heterocycles. The minimum absolute atomic E-state index is 0.0800. The third-order valence-electron chi connectivity index (χ3n) is 4.33. The van der Waals surface area contributed by atoms with Gasteiger partial charge in [-0.25, -0.2) is 0 Å². The van der Waals surface area contributed by atoms with Crippen molar-refractivity contribution in [3.05, 3.63) is 54.1 Å². The molecule has 0 spiro atoms. The van der Waals surface area contributed by atoms with E-state index < -0.39 is 0 Å². The molecule has 144 valence electrons. The Bertz CT molecular complexity index is 977. The molecule has 0 unspecified atom stereocenters. The number of carbonyl (C=O) groups is 1. The van der Waals surface area contributed by atoms with Crippen LogP contribution in [0.5, 0.6) is 11.5 Å². The Hall–Kier alpha value is -3.00. The molecule has 28 heavy (non-hydrogen) atoms. The van der Waals surface area contributed by atoms with Crippen molar-refractivity contribution >= 4 is 17.7 Å². The van der Waals surface area contributed by atoms with Crippen LogP contribution in [0.1, 0.15) is 25.5 Å². The lowest BCUT2D eigenvalue weighted by molar-refractivity contribution is -0.120. The Kier molecular flexibility index (Phi) is 5.21. The van der Waals surface area contributed by atoms with Gasteiger partial charge in [-0.05, 0) is 37.6 Å². The molecule has 2 atom stereocenters. The number of carbonyl (C=O) groups excluding carboxylic acids is 1. The van der Waals surface area contributed by atoms with Crippen molar-refractivity contribution in [2.75, 3.05) is 6.79 Å². The van der Waals surface area contributed by atoms with E-state index in [1.54, 1.807) is 12.1 Å². The Labute approximate surface area is 166 Å². The van der Waals surface area contributed by atoms with Gasteiger partial charge in [0.1, 0.15) is 0 Å². The van der Waals surface area contributed by atoms with Crippen LogP contribution in [0.3, 0.4) is 0 Å². The molecule has 4 rings (SSSR count). The van der Waals surface area contributed by atoms with Gasteiger partial charge in [0.2, 0.25) is 18.6 Å². The van der Waals surface area contributed by atoms with E-state index >= 15 is 0 Å². The van der Waals surface area contributed by atoms with E-state index in [1.807, 2.05) is 50.2 Å². The summed E-state index contributed by atoms with van der Waals surface area (Å²) < 4.78 is 16.4. The number of rotatable bonds is 6. The first-order valence-corrected chi connectivity index (χ1v) is 9.73. The molecule has 1 aliphatic rings. The number of nitrogens with zero attached hydrogens (tertiary/aromatic N) is 2. The first-order valence-electron chi connectivity index (χ1n) is 8.85. The van der Waals surface area contributed by atoms with Crippen LogP contribution in [0.25, 0.3) is 11.5 Å². The number of aromatic nitrogens is 2. The van der Waals surface area contributed by atoms with Gasteiger partial charge in [-0.1, -0.05) is 42.1 Å². The molecule has 7 nitrogen and oxygen atoms in total. The standard InChI is InChI=1S/C20H19N3O4S/c1-12(14-6-4-3-5-7-14)21-18(24)13(2)28-20-23-22-19(27-20)15-8-9-16-17(10-15)26-11-25-16/h3-10,12-13H,11H2,1-2H3,(H,21,24)/t12-,13-/m0/s1. The van der Waals surface area contributed by atoms with Gasteiger partial charge in [-0.3, -0.25) is 4.79 Å². The molecule has 0 fully saturated rings. The van der Waals surface area contributed by atoms with Gasteiger partial charge >= 0.3 is 0 Å². The van der Waals surface area contributed by atoms with E-state index in [9.17, 15) is 4.79 Å². The van der Waals surface area contributed by atoms with E-state index in [1.165, 1.54) is 11.8 Å². The molecular weight excluding hydrogens is 378 g/mol. The number of thioether (sulfide) groups is 1. The Balaban J connectivity index is 1.38. The van der Waals surface area contributed by atoms with Crippen molar-refractivity contribution in [2.45, 2.75) is 30.4 Å². The van der Waals surface area contributed by atoms with Gasteiger partial charge < -0.3 is 19.2 Å². The summed E-state index contributed by atoms with van der Waals surface area (Å²) in [7, 11) is 0. The molecular formula is C20H19N3O4S. The third kappa shape index (κ3) is 3.96. The summed E-state index contributed by atoms with van der Waals surface area (Å²) in [6.07, 6.45) is 0. The van der Waals surface area contributed by atoms with Crippen LogP contribution in [0.4, 0.5) is 0 Å². The lowest BCUT2D eigenvalue weighted by Crippen LogP contribution is -2.33. The van der Waals surface area contributed by atoms with Crippen molar-refractivity contribution in [3.8, 4) is 23.0 Å². The van der Waals surface area contributed by atoms with E-state index in [0.717, 1.165) is 11.1 Å². The average molecular weight is 397 g/mol. The molecule has 0 saturated carbocycles. The fourth-order valence-corrected chi connectivity index (χ4v) is 3.46. The minimum Gasteiger partial charge on any atom is -0.454 e. The molecule has 2 heterocycles. The van der Waals surface area contributed by atoms with Crippen molar-refractivity contribution in [1.29, 1.82) is 0 Å². The summed E-state index contributed by atoms with van der Waals surface area (Å²) in [6, 6.07) is 15.2. The van der Waals surface area contributed by atoms with Crippen LogP contribution in [0.15, 0.2) is 58.2 Å². The Morgan fingerprint density at radius 1 is 1.07 bits per heavy atom. The van der Waals surface area contributed by atoms with Gasteiger partial charge in [0.05, 0.1) is 11.3 Å². The van der Waals surface area contributed by atoms with Crippen molar-refractivity contribution in [1.82, 2.24) is 15.5 Å². The normalized spacial score (nSPS) is 14.5. The molecule has 0 saturated heterocycles. The van der Waals surface area contributed by atoms with Crippen molar-refractivity contribution < 1.29 is 18.7 Å². The highest BCUT2D eigenvalue weighted by molar-refractivity contribution is 8.00. The first kappa shape index (κ1) is 18.4. The number of benzene rings is 2. The highest BCUT2D eigenvalue weighted by Gasteiger charge is 2.21. The monoisotopic (exact) mass is 397 g/mol. The zero-order chi connectivity index (χ0) is 19.5. The maximum absolute atomic E-state index is 12.5. The molecule has 1 aromatic heterocycles. The fraction of sp³-hybridized carbons (Fsp3) is 0.250. The number of nitrogens with one attached hydrogen (secondary N) is 1. The summed E-state index contributed by atoms with van der Waals surface area (Å²) in [5.41, 5.74) is 1.79. The molecule has 0 radical (unpaired) electrons. The van der Waals surface area contributed by atoms with Gasteiger partial charge in [0.25, 0.3) is 5.22 Å². The lowest BCUT2D eigenvalue weighted by Gasteiger charge is -2.16. The predicted molar refractivity (Wildman–Crippen MR) is 104 cm³/mol. The fourth-order valence-electron chi connectivity index (χ4n) is 2.76. The van der Waals surface area contributed by atoms with Crippen LogP contribution in [0, 0.1) is 0 Å². The maximum atomic E-state index is 12.5. The molecule has 8 heteroatoms. The Morgan fingerprint density at radius 2 is 1.86 bits per heavy atom. The van der Waals surface area contributed by atoms with Gasteiger partial charge in [0.15, 0.2) is 11.5 Å². The summed E-state index contributed by atoms with van der Waals surface area (Å²) in [5, 5.41) is 11.1. The second-order valence-electron chi connectivity index (χ2n) is 6.34. The molecule has 1 amide bonds. The number of hydrogen-bond acceptors (Lipinski definition) is 7. The van der Waals surface area contributed by atoms with E-state index in [4.69, 9.17) is 13.9 Å². The van der Waals surface area contributed by atoms with Crippen LogP contribution >= 0.6 is 11.8 Å². The smallest absolute Gasteiger partial charge is 0.277 e. The SMILES string of the molecule is C[C@H](Sc1nnc(-c2ccc3c(c2)OCO3)o1)C(=O)N[C@@H](C)c1ccccc1. The second kappa shape index (κ2) is 7.93. The van der Waals surface area contributed by atoms with Crippen LogP contribution in [-0.4, -0.2) is 28.1 Å². The zero-order valence-electron chi connectivity index (χ0n) is 15.4. The highest BCUT2D eigenvalue weighted by Crippen LogP contribution is 2.36. The number of hydrogen-bond donors (Lipinski definition) is 1. The van der Waals surface area contributed by atoms with Crippen LogP contribution in [0.2, 0.25) is 0 Å². The number of ether oxygens (including phenoxy) is 2.